The lowest BCUT2D eigenvalue weighted by molar-refractivity contribution is -0.142. The van der Waals surface area contributed by atoms with Gasteiger partial charge in [-0.05, 0) is 42.0 Å². The molecule has 0 bridgehead atoms. The number of halogens is 4. The molecule has 3 nitrogen and oxygen atoms in total. The number of hydrogen-bond donors (Lipinski definition) is 0. The van der Waals surface area contributed by atoms with Crippen LogP contribution in [0.4, 0.5) is 17.6 Å². The molecule has 2 aromatic heterocycles. The highest BCUT2D eigenvalue weighted by atomic mass is 19.4. The molecule has 0 aliphatic heterocycles. The van der Waals surface area contributed by atoms with Gasteiger partial charge in [-0.1, -0.05) is 0 Å². The molecule has 3 aromatic rings. The lowest BCUT2D eigenvalue weighted by Gasteiger charge is -2.05. The van der Waals surface area contributed by atoms with Gasteiger partial charge in [-0.2, -0.15) is 18.3 Å². The van der Waals surface area contributed by atoms with Crippen molar-refractivity contribution in [1.29, 1.82) is 0 Å². The maximum atomic E-state index is 13.1. The first-order chi connectivity index (χ1) is 10.9. The van der Waals surface area contributed by atoms with Gasteiger partial charge in [0.05, 0.1) is 0 Å². The van der Waals surface area contributed by atoms with Crippen molar-refractivity contribution in [2.75, 3.05) is 0 Å². The van der Waals surface area contributed by atoms with Gasteiger partial charge in [0.25, 0.3) is 0 Å². The molecule has 0 fully saturated rings. The van der Waals surface area contributed by atoms with Crippen LogP contribution in [0.3, 0.4) is 0 Å². The van der Waals surface area contributed by atoms with Gasteiger partial charge in [0.1, 0.15) is 18.1 Å². The standard InChI is InChI=1S/C16H11F4N3/c17-13-3-1-12(2-4-13)15-14(11-5-7-21-8-6-11)9-23(22-15)10-16(18,19)20/h1-9H,10H2. The average Bonchev–Trinajstić information content (AvgIpc) is 2.90. The number of pyridine rings is 1. The van der Waals surface area contributed by atoms with E-state index in [0.717, 1.165) is 4.68 Å². The third kappa shape index (κ3) is 3.56. The summed E-state index contributed by atoms with van der Waals surface area (Å²) in [6.45, 7) is -1.19. The lowest BCUT2D eigenvalue weighted by Crippen LogP contribution is -2.17. The fourth-order valence-electron chi connectivity index (χ4n) is 2.25. The van der Waals surface area contributed by atoms with Crippen molar-refractivity contribution in [3.8, 4) is 22.4 Å². The highest BCUT2D eigenvalue weighted by Gasteiger charge is 2.29. The van der Waals surface area contributed by atoms with E-state index in [1.165, 1.54) is 30.5 Å². The van der Waals surface area contributed by atoms with Crippen LogP contribution in [0.5, 0.6) is 0 Å². The second-order valence-electron chi connectivity index (χ2n) is 4.95. The average molecular weight is 321 g/mol. The molecule has 0 radical (unpaired) electrons. The van der Waals surface area contributed by atoms with Crippen molar-refractivity contribution < 1.29 is 17.6 Å². The fourth-order valence-corrected chi connectivity index (χ4v) is 2.25. The summed E-state index contributed by atoms with van der Waals surface area (Å²) < 4.78 is 51.8. The van der Waals surface area contributed by atoms with Crippen LogP contribution >= 0.6 is 0 Å². The molecule has 1 aromatic carbocycles. The SMILES string of the molecule is Fc1ccc(-c2nn(CC(F)(F)F)cc2-c2ccncc2)cc1. The highest BCUT2D eigenvalue weighted by molar-refractivity contribution is 5.80. The molecule has 3 rings (SSSR count). The van der Waals surface area contributed by atoms with Crippen molar-refractivity contribution >= 4 is 0 Å². The van der Waals surface area contributed by atoms with Crippen molar-refractivity contribution in [2.45, 2.75) is 12.7 Å². The number of alkyl halides is 3. The smallest absolute Gasteiger partial charge is 0.265 e. The van der Waals surface area contributed by atoms with Gasteiger partial charge in [0, 0.05) is 29.7 Å². The maximum Gasteiger partial charge on any atom is 0.408 e. The monoisotopic (exact) mass is 321 g/mol. The normalized spacial score (nSPS) is 11.7. The van der Waals surface area contributed by atoms with Crippen molar-refractivity contribution in [3.63, 3.8) is 0 Å². The van der Waals surface area contributed by atoms with Crippen LogP contribution in [0, 0.1) is 5.82 Å². The number of rotatable bonds is 3. The minimum Gasteiger partial charge on any atom is -0.265 e. The van der Waals surface area contributed by atoms with E-state index in [2.05, 4.69) is 10.1 Å². The van der Waals surface area contributed by atoms with Gasteiger partial charge in [0.15, 0.2) is 0 Å². The summed E-state index contributed by atoms with van der Waals surface area (Å²) in [4.78, 5) is 3.89. The molecule has 7 heteroatoms. The zero-order chi connectivity index (χ0) is 16.4. The van der Waals surface area contributed by atoms with E-state index in [0.29, 0.717) is 22.4 Å². The Kier molecular flexibility index (Phi) is 3.85. The quantitative estimate of drug-likeness (QED) is 0.673. The van der Waals surface area contributed by atoms with Gasteiger partial charge < -0.3 is 0 Å². The first-order valence-electron chi connectivity index (χ1n) is 6.73. The lowest BCUT2D eigenvalue weighted by atomic mass is 10.0. The van der Waals surface area contributed by atoms with Crippen LogP contribution in [-0.2, 0) is 6.54 Å². The maximum absolute atomic E-state index is 13.1. The van der Waals surface area contributed by atoms with Crippen molar-refractivity contribution in [1.82, 2.24) is 14.8 Å². The molecule has 2 heterocycles. The molecular formula is C16H11F4N3. The van der Waals surface area contributed by atoms with Crippen LogP contribution in [0.25, 0.3) is 22.4 Å². The van der Waals surface area contributed by atoms with E-state index in [1.54, 1.807) is 24.5 Å². The number of hydrogen-bond acceptors (Lipinski definition) is 2. The Balaban J connectivity index is 2.10. The molecule has 0 aliphatic carbocycles. The highest BCUT2D eigenvalue weighted by Crippen LogP contribution is 2.31. The van der Waals surface area contributed by atoms with Crippen LogP contribution < -0.4 is 0 Å². The summed E-state index contributed by atoms with van der Waals surface area (Å²) in [7, 11) is 0. The van der Waals surface area contributed by atoms with Crippen molar-refractivity contribution in [2.24, 2.45) is 0 Å². The first kappa shape index (κ1) is 15.2. The predicted octanol–water partition coefficient (Wildman–Crippen LogP) is 4.31. The Morgan fingerprint density at radius 1 is 0.913 bits per heavy atom. The van der Waals surface area contributed by atoms with Crippen LogP contribution in [0.15, 0.2) is 55.0 Å². The fraction of sp³-hybridized carbons (Fsp3) is 0.125. The molecule has 0 amide bonds. The van der Waals surface area contributed by atoms with Gasteiger partial charge in [-0.3, -0.25) is 9.67 Å². The van der Waals surface area contributed by atoms with E-state index < -0.39 is 18.5 Å². The molecule has 0 saturated carbocycles. The van der Waals surface area contributed by atoms with E-state index in [1.807, 2.05) is 0 Å². The van der Waals surface area contributed by atoms with Crippen LogP contribution in [0.2, 0.25) is 0 Å². The third-order valence-electron chi connectivity index (χ3n) is 3.21. The Morgan fingerprint density at radius 2 is 1.57 bits per heavy atom. The number of nitrogens with zero attached hydrogens (tertiary/aromatic N) is 3. The summed E-state index contributed by atoms with van der Waals surface area (Å²) in [5.74, 6) is -0.422. The zero-order valence-electron chi connectivity index (χ0n) is 11.8. The molecule has 0 N–H and O–H groups in total. The van der Waals surface area contributed by atoms with Crippen LogP contribution in [0.1, 0.15) is 0 Å². The van der Waals surface area contributed by atoms with Crippen molar-refractivity contribution in [3.05, 3.63) is 60.8 Å². The molecule has 118 valence electrons. The van der Waals surface area contributed by atoms with Crippen LogP contribution in [-0.4, -0.2) is 20.9 Å². The van der Waals surface area contributed by atoms with Gasteiger partial charge in [0.2, 0.25) is 0 Å². The third-order valence-corrected chi connectivity index (χ3v) is 3.21. The zero-order valence-corrected chi connectivity index (χ0v) is 11.8. The minimum absolute atomic E-state index is 0.362. The Hall–Kier alpha value is -2.70. The Bertz CT molecular complexity index is 792. The number of benzene rings is 1. The molecule has 0 atom stereocenters. The molecule has 0 saturated heterocycles. The van der Waals surface area contributed by atoms with E-state index in [-0.39, 0.29) is 0 Å². The largest absolute Gasteiger partial charge is 0.408 e. The van der Waals surface area contributed by atoms with E-state index >= 15 is 0 Å². The second-order valence-corrected chi connectivity index (χ2v) is 4.95. The molecular weight excluding hydrogens is 310 g/mol. The summed E-state index contributed by atoms with van der Waals surface area (Å²) in [5.41, 5.74) is 2.12. The van der Waals surface area contributed by atoms with E-state index in [9.17, 15) is 17.6 Å². The second kappa shape index (κ2) is 5.83. The topological polar surface area (TPSA) is 30.7 Å². The summed E-state index contributed by atoms with van der Waals surface area (Å²) in [6, 6.07) is 8.83. The molecule has 0 unspecified atom stereocenters. The minimum atomic E-state index is -4.37. The van der Waals surface area contributed by atoms with Gasteiger partial charge >= 0.3 is 6.18 Å². The molecule has 0 spiro atoms. The summed E-state index contributed by atoms with van der Waals surface area (Å²) in [5, 5.41) is 4.03. The predicted molar refractivity (Wildman–Crippen MR) is 76.9 cm³/mol. The Labute approximate surface area is 129 Å². The summed E-state index contributed by atoms with van der Waals surface area (Å²) in [6.07, 6.45) is 0.0544. The molecule has 23 heavy (non-hydrogen) atoms. The van der Waals surface area contributed by atoms with Gasteiger partial charge in [-0.25, -0.2) is 4.39 Å². The first-order valence-corrected chi connectivity index (χ1v) is 6.73. The summed E-state index contributed by atoms with van der Waals surface area (Å²) >= 11 is 0. The number of aromatic nitrogens is 3. The Morgan fingerprint density at radius 3 is 2.17 bits per heavy atom. The van der Waals surface area contributed by atoms with Gasteiger partial charge in [-0.15, -0.1) is 0 Å². The van der Waals surface area contributed by atoms with E-state index in [4.69, 9.17) is 0 Å². The molecule has 0 aliphatic rings.